The predicted octanol–water partition coefficient (Wildman–Crippen LogP) is 12.1. The summed E-state index contributed by atoms with van der Waals surface area (Å²) in [6.07, 6.45) is 0. The summed E-state index contributed by atoms with van der Waals surface area (Å²) >= 11 is 0. The molecule has 3 heteroatoms. The molecule has 0 aromatic heterocycles. The molecule has 0 aliphatic carbocycles. The van der Waals surface area contributed by atoms with Gasteiger partial charge in [0.1, 0.15) is 0 Å². The van der Waals surface area contributed by atoms with Crippen LogP contribution in [-0.2, 0) is 0 Å². The van der Waals surface area contributed by atoms with Crippen molar-refractivity contribution in [2.75, 3.05) is 18.2 Å². The molecule has 0 bridgehead atoms. The van der Waals surface area contributed by atoms with E-state index in [2.05, 4.69) is 201 Å². The minimum absolute atomic E-state index is 0.579. The van der Waals surface area contributed by atoms with Crippen LogP contribution in [0.3, 0.4) is 0 Å². The molecule has 0 spiro atoms. The zero-order valence-electron chi connectivity index (χ0n) is 30.4. The van der Waals surface area contributed by atoms with Crippen LogP contribution in [0, 0.1) is 0 Å². The molecule has 5 aromatic carbocycles. The van der Waals surface area contributed by atoms with Crippen LogP contribution < -0.4 is 15.5 Å². The fraction of sp³-hybridized carbons (Fsp3) is 0.318. The summed E-state index contributed by atoms with van der Waals surface area (Å²) in [5.74, 6) is 0. The molecule has 0 heterocycles. The molecule has 5 rings (SSSR count). The van der Waals surface area contributed by atoms with Crippen LogP contribution in [0.4, 0.5) is 17.1 Å². The van der Waals surface area contributed by atoms with Gasteiger partial charge in [-0.05, 0) is 0 Å². The van der Waals surface area contributed by atoms with E-state index in [9.17, 15) is 0 Å². The molecule has 0 saturated carbocycles. The summed E-state index contributed by atoms with van der Waals surface area (Å²) in [6, 6.07) is 47.7. The van der Waals surface area contributed by atoms with Crippen LogP contribution in [0.1, 0.15) is 55.4 Å². The van der Waals surface area contributed by atoms with Gasteiger partial charge >= 0.3 is 288 Å². The summed E-state index contributed by atoms with van der Waals surface area (Å²) < 4.78 is 0. The van der Waals surface area contributed by atoms with Gasteiger partial charge in [0.15, 0.2) is 0 Å². The van der Waals surface area contributed by atoms with Gasteiger partial charge in [-0.1, -0.05) is 0 Å². The molecule has 0 N–H and O–H groups in total. The number of hydrogen-bond donors (Lipinski definition) is 0. The van der Waals surface area contributed by atoms with E-state index in [4.69, 9.17) is 0 Å². The number of para-hydroxylation sites is 1. The van der Waals surface area contributed by atoms with Crippen molar-refractivity contribution in [1.29, 1.82) is 0 Å². The first-order chi connectivity index (χ1) is 22.4. The molecule has 0 aliphatic heterocycles. The van der Waals surface area contributed by atoms with Crippen LogP contribution in [0.5, 0.6) is 0 Å². The Kier molecular flexibility index (Phi) is 10.8. The fourth-order valence-corrected chi connectivity index (χ4v) is 15.1. The molecule has 47 heavy (non-hydrogen) atoms. The van der Waals surface area contributed by atoms with Gasteiger partial charge in [0.25, 0.3) is 0 Å². The Morgan fingerprint density at radius 1 is 0.383 bits per heavy atom. The van der Waals surface area contributed by atoms with E-state index in [-0.39, 0.29) is 0 Å². The topological polar surface area (TPSA) is 3.24 Å². The van der Waals surface area contributed by atoms with E-state index in [1.54, 1.807) is 10.6 Å². The molecule has 0 unspecified atom stereocenters. The molecule has 5 aromatic rings. The van der Waals surface area contributed by atoms with E-state index in [0.29, 0.717) is 22.6 Å². The van der Waals surface area contributed by atoms with Crippen LogP contribution >= 0.6 is 14.5 Å². The monoisotopic (exact) mass is 661 g/mol. The first-order valence-electron chi connectivity index (χ1n) is 17.7. The Labute approximate surface area is 287 Å². The van der Waals surface area contributed by atoms with Crippen molar-refractivity contribution in [3.8, 4) is 22.3 Å². The number of benzene rings is 5. The summed E-state index contributed by atoms with van der Waals surface area (Å²) in [6.45, 7) is 24.9. The summed E-state index contributed by atoms with van der Waals surface area (Å²) in [4.78, 5) is 2.64. The summed E-state index contributed by atoms with van der Waals surface area (Å²) in [5, 5.41) is 3.09. The van der Waals surface area contributed by atoms with Gasteiger partial charge in [-0.3, -0.25) is 0 Å². The average Bonchev–Trinajstić information content (AvgIpc) is 3.08. The third kappa shape index (κ3) is 6.73. The van der Waals surface area contributed by atoms with Crippen LogP contribution in [0.25, 0.3) is 22.3 Å². The van der Waals surface area contributed by atoms with Crippen molar-refractivity contribution < 1.29 is 0 Å². The van der Waals surface area contributed by atoms with E-state index in [1.807, 2.05) is 0 Å². The van der Waals surface area contributed by atoms with Gasteiger partial charge < -0.3 is 0 Å². The summed E-state index contributed by atoms with van der Waals surface area (Å²) in [7, 11) is -4.04. The maximum absolute atomic E-state index is 2.64. The molecule has 0 radical (unpaired) electrons. The van der Waals surface area contributed by atoms with Crippen LogP contribution in [0.15, 0.2) is 127 Å². The first-order valence-corrected chi connectivity index (χ1v) is 23.0. The number of rotatable bonds is 11. The predicted molar refractivity (Wildman–Crippen MR) is 220 cm³/mol. The maximum atomic E-state index is 2.64. The van der Waals surface area contributed by atoms with Crippen molar-refractivity contribution >= 4 is 42.2 Å². The second-order valence-electron chi connectivity index (χ2n) is 15.1. The van der Waals surface area contributed by atoms with Crippen molar-refractivity contribution in [1.82, 2.24) is 0 Å². The Balaban J connectivity index is 1.90. The third-order valence-corrected chi connectivity index (χ3v) is 24.4. The zero-order chi connectivity index (χ0) is 33.9. The van der Waals surface area contributed by atoms with Crippen molar-refractivity contribution in [2.45, 2.75) is 78.0 Å². The molecule has 1 nitrogen and oxygen atoms in total. The van der Waals surface area contributed by atoms with E-state index in [0.717, 1.165) is 0 Å². The second-order valence-corrected chi connectivity index (χ2v) is 25.9. The van der Waals surface area contributed by atoms with Gasteiger partial charge in [0, 0.05) is 0 Å². The molecule has 0 aliphatic rings. The third-order valence-electron chi connectivity index (χ3n) is 11.7. The van der Waals surface area contributed by atoms with Crippen molar-refractivity contribution in [3.63, 3.8) is 0 Å². The molecule has 0 saturated heterocycles. The van der Waals surface area contributed by atoms with Gasteiger partial charge in [-0.15, -0.1) is 0 Å². The van der Waals surface area contributed by atoms with Gasteiger partial charge in [-0.2, -0.15) is 0 Å². The first kappa shape index (κ1) is 35.1. The van der Waals surface area contributed by atoms with E-state index >= 15 is 0 Å². The van der Waals surface area contributed by atoms with Crippen molar-refractivity contribution in [2.24, 2.45) is 0 Å². The van der Waals surface area contributed by atoms with Gasteiger partial charge in [0.05, 0.1) is 0 Å². The number of anilines is 3. The Morgan fingerprint density at radius 3 is 1.02 bits per heavy atom. The van der Waals surface area contributed by atoms with Gasteiger partial charge in [-0.25, -0.2) is 0 Å². The molecule has 248 valence electrons. The van der Waals surface area contributed by atoms with E-state index in [1.165, 1.54) is 39.3 Å². The fourth-order valence-electron chi connectivity index (χ4n) is 7.51. The van der Waals surface area contributed by atoms with Gasteiger partial charge in [0.2, 0.25) is 0 Å². The summed E-state index contributed by atoms with van der Waals surface area (Å²) in [5.41, 5.74) is 11.4. The van der Waals surface area contributed by atoms with E-state index < -0.39 is 14.5 Å². The van der Waals surface area contributed by atoms with Crippen LogP contribution in [0.2, 0.25) is 0 Å². The average molecular weight is 662 g/mol. The number of hydrogen-bond acceptors (Lipinski definition) is 1. The number of nitrogens with zero attached hydrogens (tertiary/aromatic N) is 1. The molecular weight excluding hydrogens is 604 g/mol. The minimum atomic E-state index is -2.02. The molecule has 0 fully saturated rings. The quantitative estimate of drug-likeness (QED) is 0.127. The van der Waals surface area contributed by atoms with Crippen LogP contribution in [-0.4, -0.2) is 36.0 Å². The normalized spacial score (nSPS) is 13.1. The molecular formula is C44H57NP2. The zero-order valence-corrected chi connectivity index (χ0v) is 32.4. The van der Waals surface area contributed by atoms with Crippen molar-refractivity contribution in [3.05, 3.63) is 127 Å². The molecule has 0 atom stereocenters. The Hall–Kier alpha value is -3.24. The Morgan fingerprint density at radius 2 is 0.702 bits per heavy atom. The molecule has 0 amide bonds. The SMILES string of the molecule is CC(C)[PH](C)(c1cc(-c2ccccc2)ccc1N(c1ccccc1)c1ccc(-c2ccccc2)cc1[PH](C)(C(C)C)C(C)C)C(C)C. The standard InChI is InChI=1S/C44H57NP2/c1-32(2)46(9,33(3)4)43-30-38(36-20-14-11-15-21-36)26-28-41(43)45(40-24-18-13-19-25-40)42-29-27-39(37-22-16-12-17-23-37)31-44(42)47(10,34(5)6)35(7)8/h11-35,46-47H,1-10H3. The Bertz CT molecular complexity index is 1630. The second kappa shape index (κ2) is 14.5.